The molecular weight excluding hydrogens is 210 g/mol. The monoisotopic (exact) mass is 233 g/mol. The fourth-order valence-corrected chi connectivity index (χ4v) is 3.12. The van der Waals surface area contributed by atoms with Crippen molar-refractivity contribution in [1.29, 1.82) is 0 Å². The lowest BCUT2D eigenvalue weighted by molar-refractivity contribution is 0.525. The van der Waals surface area contributed by atoms with Crippen molar-refractivity contribution in [3.63, 3.8) is 0 Å². The first-order valence-electron chi connectivity index (χ1n) is 5.78. The molecule has 3 nitrogen and oxygen atoms in total. The van der Waals surface area contributed by atoms with Gasteiger partial charge in [-0.15, -0.1) is 0 Å². The standard InChI is InChI=1S/C11H23NO2S/c1-4-6-15(13,14)7-5-12-9-10-8-11(10,2)3/h10,12H,4-9H2,1-3H3. The molecule has 0 aromatic rings. The molecular formula is C11H23NO2S. The summed E-state index contributed by atoms with van der Waals surface area (Å²) in [6.07, 6.45) is 1.99. The van der Waals surface area contributed by atoms with Crippen LogP contribution in [0.4, 0.5) is 0 Å². The van der Waals surface area contributed by atoms with Gasteiger partial charge in [-0.05, 0) is 30.7 Å². The Morgan fingerprint density at radius 3 is 2.40 bits per heavy atom. The lowest BCUT2D eigenvalue weighted by Crippen LogP contribution is -2.26. The van der Waals surface area contributed by atoms with Gasteiger partial charge in [0.05, 0.1) is 5.75 Å². The molecule has 1 atom stereocenters. The molecule has 0 aliphatic heterocycles. The van der Waals surface area contributed by atoms with E-state index in [1.54, 1.807) is 0 Å². The summed E-state index contributed by atoms with van der Waals surface area (Å²) in [6.45, 7) is 7.99. The molecule has 1 fully saturated rings. The van der Waals surface area contributed by atoms with Crippen LogP contribution in [0.1, 0.15) is 33.6 Å². The molecule has 0 amide bonds. The van der Waals surface area contributed by atoms with Crippen LogP contribution < -0.4 is 5.32 Å². The van der Waals surface area contributed by atoms with Crippen LogP contribution in [0.25, 0.3) is 0 Å². The van der Waals surface area contributed by atoms with E-state index in [-0.39, 0.29) is 5.75 Å². The van der Waals surface area contributed by atoms with E-state index >= 15 is 0 Å². The van der Waals surface area contributed by atoms with Crippen molar-refractivity contribution in [3.05, 3.63) is 0 Å². The lowest BCUT2D eigenvalue weighted by Gasteiger charge is -2.06. The third-order valence-electron chi connectivity index (χ3n) is 3.21. The zero-order valence-corrected chi connectivity index (χ0v) is 10.9. The smallest absolute Gasteiger partial charge is 0.151 e. The van der Waals surface area contributed by atoms with E-state index in [1.807, 2.05) is 6.92 Å². The summed E-state index contributed by atoms with van der Waals surface area (Å²) in [6, 6.07) is 0. The average Bonchev–Trinajstić information content (AvgIpc) is 2.68. The van der Waals surface area contributed by atoms with Crippen molar-refractivity contribution in [2.45, 2.75) is 33.6 Å². The van der Waals surface area contributed by atoms with E-state index in [2.05, 4.69) is 19.2 Å². The molecule has 1 saturated carbocycles. The molecule has 0 heterocycles. The molecule has 0 radical (unpaired) electrons. The van der Waals surface area contributed by atoms with Gasteiger partial charge in [-0.1, -0.05) is 20.8 Å². The fourth-order valence-electron chi connectivity index (χ4n) is 1.84. The Balaban J connectivity index is 2.07. The first kappa shape index (κ1) is 13.0. The summed E-state index contributed by atoms with van der Waals surface area (Å²) in [5.74, 6) is 1.35. The van der Waals surface area contributed by atoms with Crippen LogP contribution >= 0.6 is 0 Å². The summed E-state index contributed by atoms with van der Waals surface area (Å²) in [5, 5.41) is 3.24. The van der Waals surface area contributed by atoms with Crippen molar-refractivity contribution < 1.29 is 8.42 Å². The summed E-state index contributed by atoms with van der Waals surface area (Å²) in [4.78, 5) is 0. The van der Waals surface area contributed by atoms with E-state index in [9.17, 15) is 8.42 Å². The van der Waals surface area contributed by atoms with Crippen LogP contribution in [0.2, 0.25) is 0 Å². The second-order valence-electron chi connectivity index (χ2n) is 5.25. The minimum atomic E-state index is -2.80. The maximum absolute atomic E-state index is 11.4. The summed E-state index contributed by atoms with van der Waals surface area (Å²) in [7, 11) is -2.80. The molecule has 0 spiro atoms. The van der Waals surface area contributed by atoms with Crippen LogP contribution in [0.15, 0.2) is 0 Å². The summed E-state index contributed by atoms with van der Waals surface area (Å²) in [5.41, 5.74) is 0.481. The molecule has 0 aromatic carbocycles. The van der Waals surface area contributed by atoms with Gasteiger partial charge in [0.15, 0.2) is 9.84 Å². The molecule has 90 valence electrons. The molecule has 1 N–H and O–H groups in total. The topological polar surface area (TPSA) is 46.2 Å². The Morgan fingerprint density at radius 1 is 1.33 bits per heavy atom. The number of rotatable bonds is 7. The van der Waals surface area contributed by atoms with Crippen molar-refractivity contribution in [2.24, 2.45) is 11.3 Å². The second kappa shape index (κ2) is 4.83. The third-order valence-corrected chi connectivity index (χ3v) is 5.07. The highest BCUT2D eigenvalue weighted by atomic mass is 32.2. The molecule has 1 aliphatic rings. The average molecular weight is 233 g/mol. The molecule has 1 aliphatic carbocycles. The number of hydrogen-bond acceptors (Lipinski definition) is 3. The van der Waals surface area contributed by atoms with Crippen molar-refractivity contribution >= 4 is 9.84 Å². The SMILES string of the molecule is CCCS(=O)(=O)CCNCC1CC1(C)C. The maximum Gasteiger partial charge on any atom is 0.151 e. The molecule has 1 unspecified atom stereocenters. The Kier molecular flexibility index (Phi) is 4.18. The first-order chi connectivity index (χ1) is 6.87. The minimum absolute atomic E-state index is 0.286. The Morgan fingerprint density at radius 2 is 1.93 bits per heavy atom. The van der Waals surface area contributed by atoms with Crippen LogP contribution in [-0.2, 0) is 9.84 Å². The highest BCUT2D eigenvalue weighted by Crippen LogP contribution is 2.50. The van der Waals surface area contributed by atoms with Gasteiger partial charge in [-0.3, -0.25) is 0 Å². The summed E-state index contributed by atoms with van der Waals surface area (Å²) >= 11 is 0. The van der Waals surface area contributed by atoms with E-state index in [0.29, 0.717) is 17.7 Å². The van der Waals surface area contributed by atoms with Crippen LogP contribution in [0.3, 0.4) is 0 Å². The predicted molar refractivity (Wildman–Crippen MR) is 63.7 cm³/mol. The largest absolute Gasteiger partial charge is 0.315 e. The van der Waals surface area contributed by atoms with Crippen molar-refractivity contribution in [3.8, 4) is 0 Å². The van der Waals surface area contributed by atoms with Gasteiger partial charge >= 0.3 is 0 Å². The van der Waals surface area contributed by atoms with Gasteiger partial charge in [0.1, 0.15) is 0 Å². The van der Waals surface area contributed by atoms with Gasteiger partial charge in [-0.25, -0.2) is 8.42 Å². The first-order valence-corrected chi connectivity index (χ1v) is 7.60. The van der Waals surface area contributed by atoms with Crippen LogP contribution in [0, 0.1) is 11.3 Å². The van der Waals surface area contributed by atoms with Gasteiger partial charge in [0, 0.05) is 12.3 Å². The van der Waals surface area contributed by atoms with Crippen molar-refractivity contribution in [2.75, 3.05) is 24.6 Å². The molecule has 0 aromatic heterocycles. The van der Waals surface area contributed by atoms with Crippen molar-refractivity contribution in [1.82, 2.24) is 5.32 Å². The highest BCUT2D eigenvalue weighted by Gasteiger charge is 2.44. The van der Waals surface area contributed by atoms with E-state index in [1.165, 1.54) is 6.42 Å². The van der Waals surface area contributed by atoms with Gasteiger partial charge in [0.2, 0.25) is 0 Å². The van der Waals surface area contributed by atoms with E-state index in [0.717, 1.165) is 18.9 Å². The zero-order valence-electron chi connectivity index (χ0n) is 10.0. The molecule has 0 saturated heterocycles. The van der Waals surface area contributed by atoms with E-state index < -0.39 is 9.84 Å². The van der Waals surface area contributed by atoms with Gasteiger partial charge in [-0.2, -0.15) is 0 Å². The van der Waals surface area contributed by atoms with Crippen LogP contribution in [0.5, 0.6) is 0 Å². The Hall–Kier alpha value is -0.0900. The molecule has 15 heavy (non-hydrogen) atoms. The quantitative estimate of drug-likeness (QED) is 0.677. The van der Waals surface area contributed by atoms with Crippen LogP contribution in [-0.4, -0.2) is 33.0 Å². The Labute approximate surface area is 93.6 Å². The fraction of sp³-hybridized carbons (Fsp3) is 1.00. The number of hydrogen-bond donors (Lipinski definition) is 1. The summed E-state index contributed by atoms with van der Waals surface area (Å²) < 4.78 is 22.8. The maximum atomic E-state index is 11.4. The predicted octanol–water partition coefficient (Wildman–Crippen LogP) is 1.45. The molecule has 4 heteroatoms. The molecule has 1 rings (SSSR count). The Bertz CT molecular complexity index is 296. The second-order valence-corrected chi connectivity index (χ2v) is 7.55. The molecule has 0 bridgehead atoms. The minimum Gasteiger partial charge on any atom is -0.315 e. The number of sulfone groups is 1. The third kappa shape index (κ3) is 4.51. The lowest BCUT2D eigenvalue weighted by atomic mass is 10.1. The number of nitrogens with one attached hydrogen (secondary N) is 1. The normalized spacial score (nSPS) is 24.1. The van der Waals surface area contributed by atoms with E-state index in [4.69, 9.17) is 0 Å². The van der Waals surface area contributed by atoms with Gasteiger partial charge < -0.3 is 5.32 Å². The highest BCUT2D eigenvalue weighted by molar-refractivity contribution is 7.91. The van der Waals surface area contributed by atoms with Gasteiger partial charge in [0.25, 0.3) is 0 Å². The zero-order chi connectivity index (χ0) is 11.5.